The number of carbonyl (C=O) groups excluding carboxylic acids is 1. The summed E-state index contributed by atoms with van der Waals surface area (Å²) in [7, 11) is 0. The lowest BCUT2D eigenvalue weighted by Crippen LogP contribution is -2.62. The molecule has 0 unspecified atom stereocenters. The second kappa shape index (κ2) is 41.5. The summed E-state index contributed by atoms with van der Waals surface area (Å²) in [4.78, 5) is 13.2. The van der Waals surface area contributed by atoms with Crippen LogP contribution < -0.4 is 5.32 Å². The van der Waals surface area contributed by atoms with E-state index < -0.39 is 86.8 Å². The lowest BCUT2D eigenvalue weighted by molar-refractivity contribution is -0.331. The van der Waals surface area contributed by atoms with Crippen LogP contribution in [0.3, 0.4) is 0 Å². The molecule has 0 bridgehead atoms. The van der Waals surface area contributed by atoms with Gasteiger partial charge in [-0.2, -0.15) is 0 Å². The maximum atomic E-state index is 13.2. The quantitative estimate of drug-likeness (QED) is 0.0261. The van der Waals surface area contributed by atoms with E-state index in [2.05, 4.69) is 19.2 Å². The van der Waals surface area contributed by atoms with Gasteiger partial charge in [0, 0.05) is 6.42 Å². The molecule has 14 nitrogen and oxygen atoms in total. The van der Waals surface area contributed by atoms with Gasteiger partial charge in [0.25, 0.3) is 0 Å². The molecule has 2 aliphatic rings. The lowest BCUT2D eigenvalue weighted by Gasteiger charge is -2.43. The van der Waals surface area contributed by atoms with E-state index in [-0.39, 0.29) is 12.5 Å². The normalized spacial score (nSPS) is 26.3. The Morgan fingerprint density at radius 3 is 1.19 bits per heavy atom. The van der Waals surface area contributed by atoms with Crippen molar-refractivity contribution in [2.75, 3.05) is 19.8 Å². The fourth-order valence-electron chi connectivity index (χ4n) is 9.60. The number of amides is 1. The summed E-state index contributed by atoms with van der Waals surface area (Å²) in [5.74, 6) is -0.202. The van der Waals surface area contributed by atoms with Crippen LogP contribution >= 0.6 is 0 Å². The van der Waals surface area contributed by atoms with Gasteiger partial charge in [0.05, 0.1) is 32.0 Å². The van der Waals surface area contributed by atoms with Gasteiger partial charge in [0.15, 0.2) is 12.6 Å². The Morgan fingerprint density at radius 1 is 0.456 bits per heavy atom. The van der Waals surface area contributed by atoms with Crippen LogP contribution in [0.1, 0.15) is 245 Å². The fourth-order valence-corrected chi connectivity index (χ4v) is 9.60. The maximum Gasteiger partial charge on any atom is 0.220 e. The predicted molar refractivity (Wildman–Crippen MR) is 268 cm³/mol. The van der Waals surface area contributed by atoms with Gasteiger partial charge < -0.3 is 65.1 Å². The van der Waals surface area contributed by atoms with Crippen molar-refractivity contribution in [2.24, 2.45) is 0 Å². The van der Waals surface area contributed by atoms with Crippen LogP contribution in [-0.2, 0) is 23.7 Å². The molecule has 0 saturated carbocycles. The van der Waals surface area contributed by atoms with E-state index in [1.54, 1.807) is 0 Å². The number of hydrogen-bond acceptors (Lipinski definition) is 13. The van der Waals surface area contributed by atoms with Gasteiger partial charge in [-0.1, -0.05) is 226 Å². The Bertz CT molecular complexity index is 1150. The monoisotopic (exact) mass is 976 g/mol. The molecule has 2 saturated heterocycles. The standard InChI is InChI=1S/C54H105NO13/c1-3-5-7-9-11-13-15-17-18-19-20-21-22-23-24-26-28-30-32-34-36-38-46(58)55-42(43(57)37-35-33-31-29-27-25-16-14-12-10-8-6-4-2)40-65-53-52(64)50(62)48(60)45(68-53)41-66-54-51(63)49(61)47(59)44(39-56)67-54/h42-45,47-54,56-57,59-64H,3-41H2,1-2H3,(H,55,58)/t42-,43+,44+,45+,47-,48-,49-,50-,51+,52+,53+,54+/m0/s1. The first kappa shape index (κ1) is 63.1. The van der Waals surface area contributed by atoms with Gasteiger partial charge >= 0.3 is 0 Å². The molecule has 0 spiro atoms. The average molecular weight is 976 g/mol. The zero-order valence-corrected chi connectivity index (χ0v) is 43.1. The number of unbranched alkanes of at least 4 members (excludes halogenated alkanes) is 32. The molecule has 1 amide bonds. The highest BCUT2D eigenvalue weighted by Gasteiger charge is 2.47. The van der Waals surface area contributed by atoms with Crippen molar-refractivity contribution in [3.63, 3.8) is 0 Å². The van der Waals surface area contributed by atoms with Gasteiger partial charge in [-0.25, -0.2) is 0 Å². The van der Waals surface area contributed by atoms with Gasteiger partial charge in [-0.15, -0.1) is 0 Å². The molecule has 2 heterocycles. The molecular weight excluding hydrogens is 871 g/mol. The lowest BCUT2D eigenvalue weighted by atomic mass is 9.98. The number of aliphatic hydroxyl groups excluding tert-OH is 8. The number of aliphatic hydroxyl groups is 8. The largest absolute Gasteiger partial charge is 0.394 e. The molecule has 14 heteroatoms. The Kier molecular flexibility index (Phi) is 38.5. The van der Waals surface area contributed by atoms with Crippen molar-refractivity contribution in [3.05, 3.63) is 0 Å². The number of ether oxygens (including phenoxy) is 4. The third kappa shape index (κ3) is 28.3. The summed E-state index contributed by atoms with van der Waals surface area (Å²) >= 11 is 0. The van der Waals surface area contributed by atoms with Gasteiger partial charge in [0.2, 0.25) is 5.91 Å². The van der Waals surface area contributed by atoms with Crippen LogP contribution in [0.5, 0.6) is 0 Å². The summed E-state index contributed by atoms with van der Waals surface area (Å²) in [6, 6.07) is -0.821. The summed E-state index contributed by atoms with van der Waals surface area (Å²) in [6.45, 7) is 3.13. The van der Waals surface area contributed by atoms with Crippen LogP contribution in [-0.4, -0.2) is 140 Å². The summed E-state index contributed by atoms with van der Waals surface area (Å²) in [6.07, 6.45) is 27.0. The van der Waals surface area contributed by atoms with Crippen LogP contribution in [0, 0.1) is 0 Å². The first-order valence-corrected chi connectivity index (χ1v) is 28.3. The molecule has 2 fully saturated rings. The first-order chi connectivity index (χ1) is 33.0. The average Bonchev–Trinajstić information content (AvgIpc) is 3.33. The number of carbonyl (C=O) groups is 1. The molecule has 404 valence electrons. The molecule has 68 heavy (non-hydrogen) atoms. The highest BCUT2D eigenvalue weighted by Crippen LogP contribution is 2.27. The highest BCUT2D eigenvalue weighted by atomic mass is 16.7. The zero-order valence-electron chi connectivity index (χ0n) is 43.1. The van der Waals surface area contributed by atoms with Crippen LogP contribution in [0.15, 0.2) is 0 Å². The van der Waals surface area contributed by atoms with E-state index in [0.717, 1.165) is 51.4 Å². The number of rotatable bonds is 45. The van der Waals surface area contributed by atoms with E-state index in [1.807, 2.05) is 0 Å². The van der Waals surface area contributed by atoms with Crippen LogP contribution in [0.4, 0.5) is 0 Å². The van der Waals surface area contributed by atoms with E-state index in [0.29, 0.717) is 12.8 Å². The van der Waals surface area contributed by atoms with Gasteiger partial charge in [0.1, 0.15) is 48.8 Å². The molecule has 0 aromatic heterocycles. The topological polar surface area (TPSA) is 228 Å². The Morgan fingerprint density at radius 2 is 0.794 bits per heavy atom. The summed E-state index contributed by atoms with van der Waals surface area (Å²) < 4.78 is 22.6. The van der Waals surface area contributed by atoms with E-state index in [9.17, 15) is 45.6 Å². The molecule has 9 N–H and O–H groups in total. The number of nitrogens with one attached hydrogen (secondary N) is 1. The minimum absolute atomic E-state index is 0.202. The summed E-state index contributed by atoms with van der Waals surface area (Å²) in [5.41, 5.74) is 0. The molecule has 0 aromatic rings. The zero-order chi connectivity index (χ0) is 49.6. The Hall–Kier alpha value is -1.01. The minimum Gasteiger partial charge on any atom is -0.394 e. The van der Waals surface area contributed by atoms with Crippen molar-refractivity contribution in [1.29, 1.82) is 0 Å². The maximum absolute atomic E-state index is 13.2. The van der Waals surface area contributed by atoms with E-state index in [1.165, 1.54) is 167 Å². The van der Waals surface area contributed by atoms with Crippen molar-refractivity contribution >= 4 is 5.91 Å². The minimum atomic E-state index is -1.72. The molecular formula is C54H105NO13. The van der Waals surface area contributed by atoms with Crippen LogP contribution in [0.2, 0.25) is 0 Å². The van der Waals surface area contributed by atoms with Crippen molar-refractivity contribution in [1.82, 2.24) is 5.32 Å². The van der Waals surface area contributed by atoms with Crippen molar-refractivity contribution < 1.29 is 64.6 Å². The highest BCUT2D eigenvalue weighted by molar-refractivity contribution is 5.76. The van der Waals surface area contributed by atoms with Crippen molar-refractivity contribution in [2.45, 2.75) is 319 Å². The summed E-state index contributed by atoms with van der Waals surface area (Å²) in [5, 5.41) is 86.7. The predicted octanol–water partition coefficient (Wildman–Crippen LogP) is 8.56. The second-order valence-corrected chi connectivity index (χ2v) is 20.5. The third-order valence-corrected chi connectivity index (χ3v) is 14.3. The van der Waals surface area contributed by atoms with E-state index in [4.69, 9.17) is 18.9 Å². The number of hydrogen-bond donors (Lipinski definition) is 9. The van der Waals surface area contributed by atoms with Crippen molar-refractivity contribution in [3.8, 4) is 0 Å². The first-order valence-electron chi connectivity index (χ1n) is 28.3. The second-order valence-electron chi connectivity index (χ2n) is 20.5. The molecule has 0 aliphatic carbocycles. The van der Waals surface area contributed by atoms with E-state index >= 15 is 0 Å². The molecule has 12 atom stereocenters. The van der Waals surface area contributed by atoms with Gasteiger partial charge in [-0.05, 0) is 12.8 Å². The third-order valence-electron chi connectivity index (χ3n) is 14.3. The molecule has 0 radical (unpaired) electrons. The Balaban J connectivity index is 1.74. The molecule has 2 rings (SSSR count). The van der Waals surface area contributed by atoms with Gasteiger partial charge in [-0.3, -0.25) is 4.79 Å². The fraction of sp³-hybridized carbons (Fsp3) is 0.981. The molecule has 2 aliphatic heterocycles. The SMILES string of the molecule is CCCCCCCCCCCCCCCCCCCCCCCC(=O)N[C@@H](CO[C@@H]1O[C@H](CO[C@@H]2O[C@H](CO)[C@H](O)[C@H](O)[C@H]2O)[C@H](O)[C@H](O)[C@H]1O)[C@H](O)CCCCCCCCCCCCCCC. The molecule has 0 aromatic carbocycles. The van der Waals surface area contributed by atoms with Crippen LogP contribution in [0.25, 0.3) is 0 Å². The Labute approximate surface area is 413 Å². The smallest absolute Gasteiger partial charge is 0.220 e.